The molecule has 35 heavy (non-hydrogen) atoms. The number of thioether (sulfide) groups is 1. The third-order valence-corrected chi connectivity index (χ3v) is 6.21. The molecular weight excluding hydrogens is 479 g/mol. The van der Waals surface area contributed by atoms with E-state index in [4.69, 9.17) is 0 Å². The summed E-state index contributed by atoms with van der Waals surface area (Å²) in [6.45, 7) is 6.27. The Labute approximate surface area is 205 Å². The molecule has 0 spiro atoms. The average Bonchev–Trinajstić information content (AvgIpc) is 3.19. The number of aromatic nitrogens is 3. The Morgan fingerprint density at radius 2 is 1.77 bits per heavy atom. The van der Waals surface area contributed by atoms with Crippen molar-refractivity contribution in [2.24, 2.45) is 0 Å². The predicted octanol–water partition coefficient (Wildman–Crippen LogP) is 5.10. The minimum Gasteiger partial charge on any atom is -0.326 e. The highest BCUT2D eigenvalue weighted by atomic mass is 32.2. The minimum absolute atomic E-state index is 0.0429. The van der Waals surface area contributed by atoms with Crippen molar-refractivity contribution in [1.29, 1.82) is 0 Å². The van der Waals surface area contributed by atoms with Gasteiger partial charge in [0.25, 0.3) is 0 Å². The van der Waals surface area contributed by atoms with E-state index in [0.717, 1.165) is 35.4 Å². The van der Waals surface area contributed by atoms with Crippen LogP contribution in [-0.2, 0) is 35.2 Å². The number of hydrogen-bond donors (Lipinski definition) is 2. The van der Waals surface area contributed by atoms with E-state index in [1.165, 1.54) is 23.9 Å². The molecule has 1 heterocycles. The molecule has 0 unspecified atom stereocenters. The van der Waals surface area contributed by atoms with Crippen molar-refractivity contribution >= 4 is 35.0 Å². The lowest BCUT2D eigenvalue weighted by atomic mass is 10.1. The lowest BCUT2D eigenvalue weighted by Crippen LogP contribution is -2.18. The molecule has 0 saturated carbocycles. The molecule has 0 radical (unpaired) electrons. The first kappa shape index (κ1) is 26.3. The summed E-state index contributed by atoms with van der Waals surface area (Å²) in [6, 6.07) is 10.3. The summed E-state index contributed by atoms with van der Waals surface area (Å²) in [7, 11) is 0. The number of alkyl halides is 3. The maximum Gasteiger partial charge on any atom is 0.416 e. The van der Waals surface area contributed by atoms with Crippen molar-refractivity contribution in [1.82, 2.24) is 14.8 Å². The molecule has 2 N–H and O–H groups in total. The smallest absolute Gasteiger partial charge is 0.326 e. The van der Waals surface area contributed by atoms with Gasteiger partial charge in [-0.05, 0) is 49.6 Å². The van der Waals surface area contributed by atoms with Crippen molar-refractivity contribution in [3.8, 4) is 0 Å². The van der Waals surface area contributed by atoms with Crippen LogP contribution in [0.25, 0.3) is 0 Å². The number of rotatable bonds is 9. The number of amides is 2. The quantitative estimate of drug-likeness (QED) is 0.395. The van der Waals surface area contributed by atoms with E-state index < -0.39 is 17.6 Å². The van der Waals surface area contributed by atoms with Crippen LogP contribution in [0.3, 0.4) is 0 Å². The molecule has 11 heteroatoms. The van der Waals surface area contributed by atoms with Crippen LogP contribution in [0.1, 0.15) is 36.4 Å². The Hall–Kier alpha value is -3.34. The summed E-state index contributed by atoms with van der Waals surface area (Å²) in [5.41, 5.74) is 2.04. The van der Waals surface area contributed by atoms with Crippen LogP contribution in [0.2, 0.25) is 0 Å². The number of anilines is 2. The Bertz CT molecular complexity index is 1210. The fourth-order valence-corrected chi connectivity index (χ4v) is 4.33. The second-order valence-electron chi connectivity index (χ2n) is 7.75. The van der Waals surface area contributed by atoms with E-state index in [1.807, 2.05) is 39.0 Å². The van der Waals surface area contributed by atoms with Crippen LogP contribution in [-0.4, -0.2) is 32.3 Å². The van der Waals surface area contributed by atoms with Crippen molar-refractivity contribution in [3.05, 3.63) is 65.0 Å². The van der Waals surface area contributed by atoms with Crippen LogP contribution in [0.4, 0.5) is 24.5 Å². The molecule has 0 aliphatic heterocycles. The minimum atomic E-state index is -4.50. The van der Waals surface area contributed by atoms with Crippen molar-refractivity contribution in [3.63, 3.8) is 0 Å². The van der Waals surface area contributed by atoms with E-state index in [-0.39, 0.29) is 23.8 Å². The number of nitrogens with zero attached hydrogens (tertiary/aromatic N) is 3. The van der Waals surface area contributed by atoms with Gasteiger partial charge in [0, 0.05) is 17.9 Å². The second-order valence-corrected chi connectivity index (χ2v) is 8.69. The highest BCUT2D eigenvalue weighted by Gasteiger charge is 2.30. The molecule has 186 valence electrons. The monoisotopic (exact) mass is 505 g/mol. The van der Waals surface area contributed by atoms with Gasteiger partial charge in [0.1, 0.15) is 5.82 Å². The normalized spacial score (nSPS) is 11.4. The van der Waals surface area contributed by atoms with E-state index in [0.29, 0.717) is 17.5 Å². The standard InChI is InChI=1S/C24H26F3N5O2S/c1-4-16-9-6-8-15(3)22(16)29-21(34)14-35-23-31-30-19(32(23)5-2)13-20(33)28-18-11-7-10-17(12-18)24(25,26)27/h6-12H,4-5,13-14H2,1-3H3,(H,28,33)(H,29,34). The largest absolute Gasteiger partial charge is 0.416 e. The average molecular weight is 506 g/mol. The van der Waals surface area contributed by atoms with Gasteiger partial charge in [-0.2, -0.15) is 13.2 Å². The summed E-state index contributed by atoms with van der Waals surface area (Å²) in [5.74, 6) is -0.251. The van der Waals surface area contributed by atoms with Crippen molar-refractivity contribution < 1.29 is 22.8 Å². The summed E-state index contributed by atoms with van der Waals surface area (Å²) in [4.78, 5) is 25.0. The van der Waals surface area contributed by atoms with Crippen molar-refractivity contribution in [2.45, 2.75) is 51.5 Å². The number of halogens is 3. The molecule has 3 rings (SSSR count). The van der Waals surface area contributed by atoms with Gasteiger partial charge in [-0.1, -0.05) is 43.0 Å². The fourth-order valence-electron chi connectivity index (χ4n) is 3.50. The van der Waals surface area contributed by atoms with Gasteiger partial charge < -0.3 is 15.2 Å². The zero-order valence-corrected chi connectivity index (χ0v) is 20.4. The van der Waals surface area contributed by atoms with Crippen LogP contribution in [0.15, 0.2) is 47.6 Å². The third kappa shape index (κ3) is 6.84. The number of benzene rings is 2. The van der Waals surface area contributed by atoms with E-state index >= 15 is 0 Å². The number of para-hydroxylation sites is 1. The van der Waals surface area contributed by atoms with Gasteiger partial charge in [-0.3, -0.25) is 9.59 Å². The van der Waals surface area contributed by atoms with Gasteiger partial charge in [0.05, 0.1) is 17.7 Å². The van der Waals surface area contributed by atoms with Crippen LogP contribution in [0, 0.1) is 6.92 Å². The fraction of sp³-hybridized carbons (Fsp3) is 0.333. The highest BCUT2D eigenvalue weighted by Crippen LogP contribution is 2.30. The number of hydrogen-bond acceptors (Lipinski definition) is 5. The lowest BCUT2D eigenvalue weighted by molar-refractivity contribution is -0.137. The molecule has 0 aliphatic rings. The van der Waals surface area contributed by atoms with Gasteiger partial charge in [0.2, 0.25) is 11.8 Å². The van der Waals surface area contributed by atoms with Gasteiger partial charge in [0.15, 0.2) is 5.16 Å². The summed E-state index contributed by atoms with van der Waals surface area (Å²) in [5, 5.41) is 14.0. The lowest BCUT2D eigenvalue weighted by Gasteiger charge is -2.13. The molecule has 3 aromatic rings. The van der Waals surface area contributed by atoms with Crippen LogP contribution in [0.5, 0.6) is 0 Å². The summed E-state index contributed by atoms with van der Waals surface area (Å²) in [6.07, 6.45) is -3.88. The predicted molar refractivity (Wildman–Crippen MR) is 129 cm³/mol. The third-order valence-electron chi connectivity index (χ3n) is 5.24. The van der Waals surface area contributed by atoms with Crippen LogP contribution < -0.4 is 10.6 Å². The highest BCUT2D eigenvalue weighted by molar-refractivity contribution is 7.99. The van der Waals surface area contributed by atoms with Crippen LogP contribution >= 0.6 is 11.8 Å². The maximum absolute atomic E-state index is 12.9. The molecule has 0 atom stereocenters. The Balaban J connectivity index is 1.62. The Morgan fingerprint density at radius 1 is 1.03 bits per heavy atom. The molecule has 0 bridgehead atoms. The van der Waals surface area contributed by atoms with Crippen molar-refractivity contribution in [2.75, 3.05) is 16.4 Å². The van der Waals surface area contributed by atoms with Gasteiger partial charge >= 0.3 is 6.18 Å². The zero-order chi connectivity index (χ0) is 25.6. The topological polar surface area (TPSA) is 88.9 Å². The Kier molecular flexibility index (Phi) is 8.55. The Morgan fingerprint density at radius 3 is 2.46 bits per heavy atom. The molecular formula is C24H26F3N5O2S. The number of carbonyl (C=O) groups excluding carboxylic acids is 2. The molecule has 0 fully saturated rings. The number of aryl methyl sites for hydroxylation is 2. The maximum atomic E-state index is 12.9. The summed E-state index contributed by atoms with van der Waals surface area (Å²) >= 11 is 1.20. The molecule has 0 saturated heterocycles. The molecule has 2 amide bonds. The second kappa shape index (κ2) is 11.4. The van der Waals surface area contributed by atoms with Gasteiger partial charge in [-0.15, -0.1) is 10.2 Å². The first-order valence-electron chi connectivity index (χ1n) is 11.0. The van der Waals surface area contributed by atoms with E-state index in [1.54, 1.807) is 4.57 Å². The first-order chi connectivity index (χ1) is 16.6. The molecule has 7 nitrogen and oxygen atoms in total. The number of carbonyl (C=O) groups is 2. The molecule has 1 aromatic heterocycles. The zero-order valence-electron chi connectivity index (χ0n) is 19.6. The van der Waals surface area contributed by atoms with Gasteiger partial charge in [-0.25, -0.2) is 0 Å². The number of nitrogens with one attached hydrogen (secondary N) is 2. The molecule has 2 aromatic carbocycles. The SMILES string of the molecule is CCc1cccc(C)c1NC(=O)CSc1nnc(CC(=O)Nc2cccc(C(F)(F)F)c2)n1CC. The first-order valence-corrected chi connectivity index (χ1v) is 12.0. The van der Waals surface area contributed by atoms with E-state index in [2.05, 4.69) is 20.8 Å². The summed E-state index contributed by atoms with van der Waals surface area (Å²) < 4.78 is 40.4. The molecule has 0 aliphatic carbocycles. The van der Waals surface area contributed by atoms with E-state index in [9.17, 15) is 22.8 Å².